The van der Waals surface area contributed by atoms with Crippen LogP contribution >= 0.6 is 0 Å². The second-order valence-corrected chi connectivity index (χ2v) is 25.4. The number of benzene rings is 2. The molecule has 1 saturated heterocycles. The molecule has 4 aliphatic heterocycles. The number of fused-ring (bicyclic) bond motifs is 3. The fourth-order valence-corrected chi connectivity index (χ4v) is 11.7. The Balaban J connectivity index is 0.00000706. The Morgan fingerprint density at radius 2 is 1.41 bits per heavy atom. The summed E-state index contributed by atoms with van der Waals surface area (Å²) in [6.07, 6.45) is 13.8. The van der Waals surface area contributed by atoms with Crippen LogP contribution in [-0.4, -0.2) is 156 Å². The molecule has 0 saturated carbocycles. The number of hydrogen-bond donors (Lipinski definition) is 0. The number of carbonyl (C=O) groups excluding carboxylic acids is 3. The van der Waals surface area contributed by atoms with Gasteiger partial charge in [-0.3, -0.25) is 9.59 Å². The molecule has 1 fully saturated rings. The molecule has 1 atom stereocenters. The van der Waals surface area contributed by atoms with Crippen LogP contribution in [0, 0.1) is 5.41 Å². The topological polar surface area (TPSA) is 288 Å². The number of allylic oxidation sites excluding steroid dienone is 9. The summed E-state index contributed by atoms with van der Waals surface area (Å²) in [6.45, 7) is 12.2. The molecular formula is C55H71N3Na2O18S3. The third-order valence-corrected chi connectivity index (χ3v) is 16.6. The minimum absolute atomic E-state index is 0. The third-order valence-electron chi connectivity index (χ3n) is 14.2. The maximum Gasteiger partial charge on any atom is 1.00 e. The predicted molar refractivity (Wildman–Crippen MR) is 290 cm³/mol. The number of amides is 2. The Hall–Kier alpha value is -3.41. The molecule has 434 valence electrons. The zero-order valence-corrected chi connectivity index (χ0v) is 54.2. The quantitative estimate of drug-likeness (QED) is 0.0262. The van der Waals surface area contributed by atoms with Crippen LogP contribution < -0.4 is 68.8 Å². The first-order chi connectivity index (χ1) is 37.1. The summed E-state index contributed by atoms with van der Waals surface area (Å²) in [6, 6.07) is 7.82. The molecule has 0 aromatic heterocycles. The fourth-order valence-electron chi connectivity index (χ4n) is 10.2. The van der Waals surface area contributed by atoms with Crippen LogP contribution in [0.3, 0.4) is 0 Å². The minimum atomic E-state index is -4.95. The van der Waals surface area contributed by atoms with E-state index in [1.807, 2.05) is 52.0 Å². The summed E-state index contributed by atoms with van der Waals surface area (Å²) in [5.74, 6) is -2.22. The predicted octanol–water partition coefficient (Wildman–Crippen LogP) is 0.190. The van der Waals surface area contributed by atoms with Gasteiger partial charge in [0.2, 0.25) is 5.69 Å². The van der Waals surface area contributed by atoms with Crippen molar-refractivity contribution in [3.8, 4) is 5.75 Å². The molecule has 26 heteroatoms. The molecular weight excluding hydrogens is 1130 g/mol. The SMILES string of the molecule is COCCOCCC1(CCOCCOC)C=C(C)c2cc3c(cc2N1CCCS(=O)(=O)[O-])OC(C(C)(C)C)=CC3=CC=CC=CC1=[N+](CCCS(=O)(=O)[O-])c2ccc(S(=O)(=O)[O-])cc2C1(C)CCCC(=O)ON1C(=O)CCC1=O.[Na+].[Na+]. The summed E-state index contributed by atoms with van der Waals surface area (Å²) in [7, 11) is -10.9. The van der Waals surface area contributed by atoms with Gasteiger partial charge in [-0.1, -0.05) is 51.2 Å². The number of carbonyl (C=O) groups is 3. The van der Waals surface area contributed by atoms with E-state index < -0.39 is 80.9 Å². The number of nitrogens with zero attached hydrogens (tertiary/aromatic N) is 3. The molecule has 0 aliphatic carbocycles. The standard InChI is InChI=1S/C55H73N3O18S3.2Na/c1-39-38-55(22-26-73-30-28-71-6,23-27-74-31-29-72-7)57(25-13-33-78(65,66)67)46-37-47-43(36-42(39)46)40(34-49(75-47)53(2,3)4)14-9-8-10-15-48-54(5,21-11-16-52(61)76-58-50(59)19-20-51(58)60)44-35-41(79(68,69)70)17-18-45(44)56(48)24-12-32-77(62,63)64;;/h8-10,14-15,17-18,34-38H,11-13,16,19-33H2,1-7H3,(H2-,62,63,64,65,66,67,68,69,70);;/q;2*+1/p-2. The number of methoxy groups -OCH3 is 2. The van der Waals surface area contributed by atoms with Crippen molar-refractivity contribution in [3.63, 3.8) is 0 Å². The van der Waals surface area contributed by atoms with Crippen LogP contribution in [0.2, 0.25) is 0 Å². The summed E-state index contributed by atoms with van der Waals surface area (Å²) >= 11 is 0. The van der Waals surface area contributed by atoms with E-state index in [0.717, 1.165) is 34.0 Å². The average Bonchev–Trinajstić information content (AvgIpc) is 3.79. The molecule has 0 spiro atoms. The molecule has 4 heterocycles. The Kier molecular flexibility index (Phi) is 26.0. The van der Waals surface area contributed by atoms with Crippen LogP contribution in [0.15, 0.2) is 83.5 Å². The third kappa shape index (κ3) is 18.8. The van der Waals surface area contributed by atoms with Crippen molar-refractivity contribution in [1.29, 1.82) is 0 Å². The first-order valence-electron chi connectivity index (χ1n) is 26.0. The van der Waals surface area contributed by atoms with E-state index in [2.05, 4.69) is 11.0 Å². The van der Waals surface area contributed by atoms with Gasteiger partial charge in [0, 0.05) is 117 Å². The zero-order valence-electron chi connectivity index (χ0n) is 47.8. The summed E-state index contributed by atoms with van der Waals surface area (Å²) in [5, 5.41) is 0.447. The minimum Gasteiger partial charge on any atom is -0.748 e. The Morgan fingerprint density at radius 1 is 0.790 bits per heavy atom. The number of imide groups is 1. The first-order valence-corrected chi connectivity index (χ1v) is 30.6. The fraction of sp³-hybridized carbons (Fsp3) is 0.527. The first kappa shape index (κ1) is 70.1. The Morgan fingerprint density at radius 3 is 1.99 bits per heavy atom. The molecule has 2 aromatic carbocycles. The van der Waals surface area contributed by atoms with E-state index in [1.54, 1.807) is 50.0 Å². The van der Waals surface area contributed by atoms with Crippen molar-refractivity contribution in [2.45, 2.75) is 108 Å². The van der Waals surface area contributed by atoms with Crippen LogP contribution in [0.25, 0.3) is 11.1 Å². The van der Waals surface area contributed by atoms with E-state index in [0.29, 0.717) is 86.0 Å². The monoisotopic (exact) mass is 1200 g/mol. The molecule has 4 aliphatic rings. The molecule has 0 radical (unpaired) electrons. The largest absolute Gasteiger partial charge is 1.00 e. The van der Waals surface area contributed by atoms with Crippen molar-refractivity contribution in [3.05, 3.63) is 95.3 Å². The van der Waals surface area contributed by atoms with Gasteiger partial charge in [0.05, 0.1) is 62.5 Å². The van der Waals surface area contributed by atoms with Crippen LogP contribution in [0.5, 0.6) is 5.75 Å². The molecule has 0 N–H and O–H groups in total. The molecule has 2 amide bonds. The summed E-state index contributed by atoms with van der Waals surface area (Å²) in [4.78, 5) is 43.9. The van der Waals surface area contributed by atoms with Gasteiger partial charge in [-0.25, -0.2) is 30.0 Å². The number of anilines is 1. The molecule has 1 unspecified atom stereocenters. The molecule has 21 nitrogen and oxygen atoms in total. The molecule has 0 bridgehead atoms. The van der Waals surface area contributed by atoms with E-state index in [-0.39, 0.29) is 117 Å². The Bertz CT molecular complexity index is 3140. The van der Waals surface area contributed by atoms with Gasteiger partial charge >= 0.3 is 65.1 Å². The van der Waals surface area contributed by atoms with Gasteiger partial charge in [0.1, 0.15) is 28.2 Å². The van der Waals surface area contributed by atoms with Crippen LogP contribution in [0.1, 0.15) is 109 Å². The number of ether oxygens (including phenoxy) is 5. The normalized spacial score (nSPS) is 18.6. The smallest absolute Gasteiger partial charge is 0.748 e. The molecule has 6 rings (SSSR count). The van der Waals surface area contributed by atoms with Gasteiger partial charge in [-0.2, -0.15) is 4.58 Å². The number of rotatable bonds is 29. The second kappa shape index (κ2) is 30.1. The number of hydrogen-bond acceptors (Lipinski definition) is 19. The van der Waals surface area contributed by atoms with E-state index in [4.69, 9.17) is 28.5 Å². The molecule has 2 aromatic rings. The maximum atomic E-state index is 12.9. The summed E-state index contributed by atoms with van der Waals surface area (Å²) in [5.41, 5.74) is 3.12. The van der Waals surface area contributed by atoms with Gasteiger partial charge < -0.3 is 47.1 Å². The Labute approximate surface area is 520 Å². The van der Waals surface area contributed by atoms with Crippen molar-refractivity contribution < 1.29 is 146 Å². The van der Waals surface area contributed by atoms with Crippen molar-refractivity contribution in [1.82, 2.24) is 5.06 Å². The van der Waals surface area contributed by atoms with Gasteiger partial charge in [0.15, 0.2) is 5.71 Å². The van der Waals surface area contributed by atoms with E-state index >= 15 is 0 Å². The van der Waals surface area contributed by atoms with E-state index in [1.165, 1.54) is 12.1 Å². The van der Waals surface area contributed by atoms with Gasteiger partial charge in [-0.15, -0.1) is 5.06 Å². The maximum absolute atomic E-state index is 12.9. The van der Waals surface area contributed by atoms with Crippen molar-refractivity contribution >= 4 is 76.4 Å². The molecule has 81 heavy (non-hydrogen) atoms. The van der Waals surface area contributed by atoms with Crippen molar-refractivity contribution in [2.24, 2.45) is 5.41 Å². The number of hydroxylamine groups is 2. The van der Waals surface area contributed by atoms with E-state index in [9.17, 15) is 53.3 Å². The van der Waals surface area contributed by atoms with Gasteiger partial charge in [-0.05, 0) is 81.4 Å². The zero-order chi connectivity index (χ0) is 58.0. The van der Waals surface area contributed by atoms with Crippen LogP contribution in [0.4, 0.5) is 11.4 Å². The average molecular weight is 1200 g/mol. The van der Waals surface area contributed by atoms with Crippen LogP contribution in [-0.2, 0) is 73.9 Å². The van der Waals surface area contributed by atoms with Gasteiger partial charge in [0.25, 0.3) is 11.8 Å². The second-order valence-electron chi connectivity index (χ2n) is 21.0. The van der Waals surface area contributed by atoms with Crippen molar-refractivity contribution in [2.75, 3.05) is 83.4 Å². The summed E-state index contributed by atoms with van der Waals surface area (Å²) < 4.78 is 139.